The highest BCUT2D eigenvalue weighted by atomic mass is 79.9. The summed E-state index contributed by atoms with van der Waals surface area (Å²) in [6.07, 6.45) is 0. The van der Waals surface area contributed by atoms with E-state index in [2.05, 4.69) is 21.2 Å². The fraction of sp³-hybridized carbons (Fsp3) is 0.0714. The molecule has 21 heavy (non-hydrogen) atoms. The molecular weight excluding hydrogens is 346 g/mol. The molecule has 1 amide bonds. The lowest BCUT2D eigenvalue weighted by Gasteiger charge is -2.10. The fourth-order valence-electron chi connectivity index (χ4n) is 1.72. The minimum Gasteiger partial charge on any atom is -0.497 e. The van der Waals surface area contributed by atoms with Crippen molar-refractivity contribution in [2.24, 2.45) is 0 Å². The van der Waals surface area contributed by atoms with Crippen molar-refractivity contribution < 1.29 is 18.3 Å². The van der Waals surface area contributed by atoms with Crippen LogP contribution >= 0.6 is 15.9 Å². The fourth-order valence-corrected chi connectivity index (χ4v) is 2.20. The van der Waals surface area contributed by atoms with Crippen molar-refractivity contribution in [3.63, 3.8) is 0 Å². The van der Waals surface area contributed by atoms with Gasteiger partial charge >= 0.3 is 0 Å². The van der Waals surface area contributed by atoms with E-state index in [0.29, 0.717) is 15.9 Å². The molecular formula is C14H11BrF2N2O2. The number of benzene rings is 2. The summed E-state index contributed by atoms with van der Waals surface area (Å²) in [5, 5.41) is 2.40. The molecule has 0 fully saturated rings. The van der Waals surface area contributed by atoms with Gasteiger partial charge in [0.15, 0.2) is 5.82 Å². The van der Waals surface area contributed by atoms with E-state index >= 15 is 0 Å². The van der Waals surface area contributed by atoms with Gasteiger partial charge in [0.25, 0.3) is 5.91 Å². The molecule has 3 N–H and O–H groups in total. The molecule has 0 spiro atoms. The molecule has 0 heterocycles. The van der Waals surface area contributed by atoms with Gasteiger partial charge in [-0.2, -0.15) is 0 Å². The number of amides is 1. The second-order valence-corrected chi connectivity index (χ2v) is 5.08. The molecule has 0 unspecified atom stereocenters. The summed E-state index contributed by atoms with van der Waals surface area (Å²) in [5.41, 5.74) is 4.64. The van der Waals surface area contributed by atoms with E-state index < -0.39 is 23.1 Å². The van der Waals surface area contributed by atoms with E-state index in [-0.39, 0.29) is 5.69 Å². The van der Waals surface area contributed by atoms with Gasteiger partial charge in [0, 0.05) is 16.2 Å². The second kappa shape index (κ2) is 6.09. The van der Waals surface area contributed by atoms with Crippen molar-refractivity contribution in [2.45, 2.75) is 0 Å². The maximum absolute atomic E-state index is 13.8. The average Bonchev–Trinajstić information content (AvgIpc) is 2.42. The monoisotopic (exact) mass is 356 g/mol. The quantitative estimate of drug-likeness (QED) is 0.826. The smallest absolute Gasteiger partial charge is 0.261 e. The molecule has 2 aromatic carbocycles. The SMILES string of the molecule is COc1cc(Br)cc(NC(=O)c2c(F)ccc(N)c2F)c1. The number of carbonyl (C=O) groups excluding carboxylic acids is 1. The van der Waals surface area contributed by atoms with Gasteiger partial charge in [0.2, 0.25) is 0 Å². The molecule has 0 bridgehead atoms. The Hall–Kier alpha value is -2.15. The molecule has 7 heteroatoms. The van der Waals surface area contributed by atoms with Crippen LogP contribution in [0.2, 0.25) is 0 Å². The highest BCUT2D eigenvalue weighted by molar-refractivity contribution is 9.10. The first-order valence-electron chi connectivity index (χ1n) is 5.81. The van der Waals surface area contributed by atoms with Gasteiger partial charge in [0.1, 0.15) is 17.1 Å². The Labute approximate surface area is 128 Å². The van der Waals surface area contributed by atoms with Gasteiger partial charge in [0.05, 0.1) is 12.8 Å². The number of ether oxygens (including phenoxy) is 1. The van der Waals surface area contributed by atoms with Crippen LogP contribution in [0.5, 0.6) is 5.75 Å². The highest BCUT2D eigenvalue weighted by Gasteiger charge is 2.20. The Bertz CT molecular complexity index is 708. The number of anilines is 2. The number of hydrogen-bond donors (Lipinski definition) is 2. The number of methoxy groups -OCH3 is 1. The van der Waals surface area contributed by atoms with Gasteiger partial charge in [-0.3, -0.25) is 4.79 Å². The Kier molecular flexibility index (Phi) is 4.42. The third-order valence-electron chi connectivity index (χ3n) is 2.71. The Morgan fingerprint density at radius 1 is 1.29 bits per heavy atom. The number of nitrogens with two attached hydrogens (primary N) is 1. The summed E-state index contributed by atoms with van der Waals surface area (Å²) in [6.45, 7) is 0. The third-order valence-corrected chi connectivity index (χ3v) is 3.17. The van der Waals surface area contributed by atoms with Crippen LogP contribution in [0.15, 0.2) is 34.8 Å². The van der Waals surface area contributed by atoms with Gasteiger partial charge in [-0.25, -0.2) is 8.78 Å². The summed E-state index contributed by atoms with van der Waals surface area (Å²) in [4.78, 5) is 12.0. The molecule has 4 nitrogen and oxygen atoms in total. The predicted molar refractivity (Wildman–Crippen MR) is 79.4 cm³/mol. The lowest BCUT2D eigenvalue weighted by atomic mass is 10.1. The molecule has 0 aliphatic heterocycles. The number of carbonyl (C=O) groups is 1. The van der Waals surface area contributed by atoms with E-state index in [1.807, 2.05) is 0 Å². The van der Waals surface area contributed by atoms with Crippen LogP contribution in [0, 0.1) is 11.6 Å². The van der Waals surface area contributed by atoms with Crippen molar-refractivity contribution in [1.29, 1.82) is 0 Å². The summed E-state index contributed by atoms with van der Waals surface area (Å²) in [5.74, 6) is -2.53. The largest absolute Gasteiger partial charge is 0.497 e. The van der Waals surface area contributed by atoms with Gasteiger partial charge in [-0.1, -0.05) is 15.9 Å². The Morgan fingerprint density at radius 3 is 2.67 bits per heavy atom. The molecule has 0 aliphatic carbocycles. The molecule has 2 aromatic rings. The Morgan fingerprint density at radius 2 is 2.00 bits per heavy atom. The van der Waals surface area contributed by atoms with Crippen molar-refractivity contribution >= 4 is 33.2 Å². The first-order chi connectivity index (χ1) is 9.92. The molecule has 0 atom stereocenters. The topological polar surface area (TPSA) is 64.3 Å². The van der Waals surface area contributed by atoms with E-state index in [1.54, 1.807) is 12.1 Å². The highest BCUT2D eigenvalue weighted by Crippen LogP contribution is 2.26. The van der Waals surface area contributed by atoms with Crippen LogP contribution in [-0.2, 0) is 0 Å². The van der Waals surface area contributed by atoms with Crippen LogP contribution in [0.4, 0.5) is 20.2 Å². The lowest BCUT2D eigenvalue weighted by molar-refractivity contribution is 0.101. The molecule has 0 aliphatic rings. The van der Waals surface area contributed by atoms with Crippen LogP contribution < -0.4 is 15.8 Å². The van der Waals surface area contributed by atoms with Crippen LogP contribution in [-0.4, -0.2) is 13.0 Å². The second-order valence-electron chi connectivity index (χ2n) is 4.16. The van der Waals surface area contributed by atoms with Crippen molar-refractivity contribution in [1.82, 2.24) is 0 Å². The molecule has 0 aromatic heterocycles. The van der Waals surface area contributed by atoms with E-state index in [4.69, 9.17) is 10.5 Å². The number of nitrogen functional groups attached to an aromatic ring is 1. The predicted octanol–water partition coefficient (Wildman–Crippen LogP) is 3.57. The summed E-state index contributed by atoms with van der Waals surface area (Å²) in [7, 11) is 1.46. The zero-order valence-corrected chi connectivity index (χ0v) is 12.5. The maximum Gasteiger partial charge on any atom is 0.261 e. The first-order valence-corrected chi connectivity index (χ1v) is 6.61. The Balaban J connectivity index is 2.35. The minimum atomic E-state index is -1.09. The van der Waals surface area contributed by atoms with Crippen LogP contribution in [0.25, 0.3) is 0 Å². The zero-order chi connectivity index (χ0) is 15.6. The molecule has 0 radical (unpaired) electrons. The average molecular weight is 357 g/mol. The minimum absolute atomic E-state index is 0.298. The number of hydrogen-bond acceptors (Lipinski definition) is 3. The lowest BCUT2D eigenvalue weighted by Crippen LogP contribution is -2.17. The normalized spacial score (nSPS) is 10.3. The van der Waals surface area contributed by atoms with Crippen LogP contribution in [0.3, 0.4) is 0 Å². The standard InChI is InChI=1S/C14H11BrF2N2O2/c1-21-9-5-7(15)4-8(6-9)19-14(20)12-10(16)2-3-11(18)13(12)17/h2-6H,18H2,1H3,(H,19,20). The van der Waals surface area contributed by atoms with Crippen molar-refractivity contribution in [3.8, 4) is 5.75 Å². The van der Waals surface area contributed by atoms with Crippen molar-refractivity contribution in [2.75, 3.05) is 18.2 Å². The first kappa shape index (κ1) is 15.2. The number of halogens is 3. The maximum atomic E-state index is 13.8. The van der Waals surface area contributed by atoms with Crippen molar-refractivity contribution in [3.05, 3.63) is 52.0 Å². The van der Waals surface area contributed by atoms with E-state index in [1.165, 1.54) is 13.2 Å². The molecule has 110 valence electrons. The zero-order valence-electron chi connectivity index (χ0n) is 10.9. The van der Waals surface area contributed by atoms with Crippen LogP contribution in [0.1, 0.15) is 10.4 Å². The van der Waals surface area contributed by atoms with Gasteiger partial charge in [-0.15, -0.1) is 0 Å². The number of nitrogens with one attached hydrogen (secondary N) is 1. The van der Waals surface area contributed by atoms with E-state index in [0.717, 1.165) is 12.1 Å². The molecule has 0 saturated carbocycles. The summed E-state index contributed by atoms with van der Waals surface area (Å²) >= 11 is 3.24. The molecule has 2 rings (SSSR count). The van der Waals surface area contributed by atoms with Gasteiger partial charge < -0.3 is 15.8 Å². The number of rotatable bonds is 3. The van der Waals surface area contributed by atoms with E-state index in [9.17, 15) is 13.6 Å². The third kappa shape index (κ3) is 3.30. The summed E-state index contributed by atoms with van der Waals surface area (Å²) in [6, 6.07) is 6.77. The molecule has 0 saturated heterocycles. The van der Waals surface area contributed by atoms with Gasteiger partial charge in [-0.05, 0) is 24.3 Å². The summed E-state index contributed by atoms with van der Waals surface area (Å²) < 4.78 is 33.1.